The summed E-state index contributed by atoms with van der Waals surface area (Å²) in [5, 5.41) is 8.24. The number of carbonyl (C=O) groups is 2. The lowest BCUT2D eigenvalue weighted by Crippen LogP contribution is -2.31. The van der Waals surface area contributed by atoms with E-state index in [1.807, 2.05) is 13.8 Å². The lowest BCUT2D eigenvalue weighted by Gasteiger charge is -2.10. The number of carbonyl (C=O) groups excluding carboxylic acids is 2. The van der Waals surface area contributed by atoms with Gasteiger partial charge in [-0.1, -0.05) is 12.1 Å². The van der Waals surface area contributed by atoms with E-state index < -0.39 is 0 Å². The first-order valence-corrected chi connectivity index (χ1v) is 8.14. The first-order valence-electron chi connectivity index (χ1n) is 8.14. The van der Waals surface area contributed by atoms with E-state index in [1.165, 1.54) is 12.1 Å². The number of anilines is 1. The smallest absolute Gasteiger partial charge is 0.319 e. The van der Waals surface area contributed by atoms with Crippen molar-refractivity contribution < 1.29 is 14.0 Å². The van der Waals surface area contributed by atoms with Crippen molar-refractivity contribution in [2.45, 2.75) is 26.3 Å². The van der Waals surface area contributed by atoms with Crippen molar-refractivity contribution in [1.82, 2.24) is 10.6 Å². The zero-order valence-corrected chi connectivity index (χ0v) is 14.3. The lowest BCUT2D eigenvalue weighted by molar-refractivity contribution is 0.0943. The van der Waals surface area contributed by atoms with Gasteiger partial charge in [0.2, 0.25) is 0 Å². The number of benzene rings is 2. The van der Waals surface area contributed by atoms with E-state index in [9.17, 15) is 14.0 Å². The molecule has 0 atom stereocenters. The molecule has 132 valence electrons. The van der Waals surface area contributed by atoms with Gasteiger partial charge in [0.15, 0.2) is 0 Å². The number of hydrogen-bond acceptors (Lipinski definition) is 2. The third kappa shape index (κ3) is 6.25. The highest BCUT2D eigenvalue weighted by molar-refractivity contribution is 5.95. The molecule has 0 heterocycles. The summed E-state index contributed by atoms with van der Waals surface area (Å²) in [4.78, 5) is 23.7. The first-order chi connectivity index (χ1) is 11.9. The SMILES string of the molecule is CC(C)NC(=O)c1ccc(NC(=O)NCCc2ccc(F)cc2)cc1. The van der Waals surface area contributed by atoms with Crippen LogP contribution in [0.5, 0.6) is 0 Å². The molecule has 2 rings (SSSR count). The molecule has 0 aromatic heterocycles. The summed E-state index contributed by atoms with van der Waals surface area (Å²) in [7, 11) is 0. The Labute approximate surface area is 146 Å². The molecule has 3 N–H and O–H groups in total. The summed E-state index contributed by atoms with van der Waals surface area (Å²) in [6.07, 6.45) is 0.613. The van der Waals surface area contributed by atoms with Gasteiger partial charge < -0.3 is 16.0 Å². The average Bonchev–Trinajstić information content (AvgIpc) is 2.56. The number of urea groups is 1. The fourth-order valence-electron chi connectivity index (χ4n) is 2.20. The van der Waals surface area contributed by atoms with Crippen LogP contribution >= 0.6 is 0 Å². The minimum atomic E-state index is -0.332. The molecule has 6 heteroatoms. The third-order valence-electron chi connectivity index (χ3n) is 3.44. The van der Waals surface area contributed by atoms with Gasteiger partial charge in [0, 0.05) is 23.8 Å². The van der Waals surface area contributed by atoms with E-state index in [-0.39, 0.29) is 23.8 Å². The number of rotatable bonds is 6. The third-order valence-corrected chi connectivity index (χ3v) is 3.44. The minimum absolute atomic E-state index is 0.0668. The zero-order chi connectivity index (χ0) is 18.2. The van der Waals surface area contributed by atoms with Crippen molar-refractivity contribution in [1.29, 1.82) is 0 Å². The van der Waals surface area contributed by atoms with Gasteiger partial charge in [-0.05, 0) is 62.2 Å². The number of hydrogen-bond donors (Lipinski definition) is 3. The molecule has 0 bridgehead atoms. The predicted molar refractivity (Wildman–Crippen MR) is 96.2 cm³/mol. The van der Waals surface area contributed by atoms with Gasteiger partial charge >= 0.3 is 6.03 Å². The largest absolute Gasteiger partial charge is 0.350 e. The molecular formula is C19H22FN3O2. The number of nitrogens with one attached hydrogen (secondary N) is 3. The van der Waals surface area contributed by atoms with Crippen LogP contribution in [-0.2, 0) is 6.42 Å². The number of amides is 3. The first kappa shape index (κ1) is 18.4. The summed E-state index contributed by atoms with van der Waals surface area (Å²) < 4.78 is 12.8. The Bertz CT molecular complexity index is 712. The van der Waals surface area contributed by atoms with Gasteiger partial charge in [-0.3, -0.25) is 4.79 Å². The van der Waals surface area contributed by atoms with Crippen LogP contribution in [-0.4, -0.2) is 24.5 Å². The fraction of sp³-hybridized carbons (Fsp3) is 0.263. The summed E-state index contributed by atoms with van der Waals surface area (Å²) in [5.74, 6) is -0.426. The van der Waals surface area contributed by atoms with Crippen molar-refractivity contribution in [3.63, 3.8) is 0 Å². The van der Waals surface area contributed by atoms with Crippen LogP contribution in [0.1, 0.15) is 29.8 Å². The molecule has 0 aliphatic carbocycles. The van der Waals surface area contributed by atoms with E-state index >= 15 is 0 Å². The van der Waals surface area contributed by atoms with Crippen LogP contribution in [0.25, 0.3) is 0 Å². The highest BCUT2D eigenvalue weighted by Crippen LogP contribution is 2.10. The highest BCUT2D eigenvalue weighted by atomic mass is 19.1. The summed E-state index contributed by atoms with van der Waals surface area (Å²) in [6, 6.07) is 12.6. The summed E-state index contributed by atoms with van der Waals surface area (Å²) >= 11 is 0. The van der Waals surface area contributed by atoms with Gasteiger partial charge in [-0.25, -0.2) is 9.18 Å². The highest BCUT2D eigenvalue weighted by Gasteiger charge is 2.07. The maximum Gasteiger partial charge on any atom is 0.319 e. The Morgan fingerprint density at radius 3 is 2.24 bits per heavy atom. The molecule has 2 aromatic carbocycles. The molecule has 25 heavy (non-hydrogen) atoms. The van der Waals surface area contributed by atoms with Gasteiger partial charge in [0.05, 0.1) is 0 Å². The topological polar surface area (TPSA) is 70.2 Å². The second kappa shape index (κ2) is 8.82. The van der Waals surface area contributed by atoms with Gasteiger partial charge in [-0.15, -0.1) is 0 Å². The molecule has 0 unspecified atom stereocenters. The van der Waals surface area contributed by atoms with Crippen LogP contribution in [0.3, 0.4) is 0 Å². The average molecular weight is 343 g/mol. The Hall–Kier alpha value is -2.89. The van der Waals surface area contributed by atoms with Crippen LogP contribution in [0, 0.1) is 5.82 Å². The molecule has 0 fully saturated rings. The maximum absolute atomic E-state index is 12.8. The maximum atomic E-state index is 12.8. The summed E-state index contributed by atoms with van der Waals surface area (Å²) in [5.41, 5.74) is 2.08. The van der Waals surface area contributed by atoms with Gasteiger partial charge in [-0.2, -0.15) is 0 Å². The van der Waals surface area contributed by atoms with Crippen molar-refractivity contribution in [2.24, 2.45) is 0 Å². The molecule has 3 amide bonds. The monoisotopic (exact) mass is 343 g/mol. The van der Waals surface area contributed by atoms with Gasteiger partial charge in [0.25, 0.3) is 5.91 Å². The molecule has 0 saturated heterocycles. The van der Waals surface area contributed by atoms with Crippen molar-refractivity contribution in [3.05, 3.63) is 65.5 Å². The molecular weight excluding hydrogens is 321 g/mol. The van der Waals surface area contributed by atoms with Crippen LogP contribution < -0.4 is 16.0 Å². The predicted octanol–water partition coefficient (Wildman–Crippen LogP) is 3.33. The zero-order valence-electron chi connectivity index (χ0n) is 14.3. The molecule has 0 aliphatic rings. The minimum Gasteiger partial charge on any atom is -0.350 e. The Kier molecular flexibility index (Phi) is 6.51. The quantitative estimate of drug-likeness (QED) is 0.753. The molecule has 5 nitrogen and oxygen atoms in total. The number of halogens is 1. The summed E-state index contributed by atoms with van der Waals surface area (Å²) in [6.45, 7) is 4.22. The van der Waals surface area contributed by atoms with Crippen molar-refractivity contribution in [2.75, 3.05) is 11.9 Å². The van der Waals surface area contributed by atoms with E-state index in [0.29, 0.717) is 24.2 Å². The van der Waals surface area contributed by atoms with E-state index in [0.717, 1.165) is 5.56 Å². The van der Waals surface area contributed by atoms with Crippen molar-refractivity contribution in [3.8, 4) is 0 Å². The van der Waals surface area contributed by atoms with Crippen molar-refractivity contribution >= 4 is 17.6 Å². The van der Waals surface area contributed by atoms with E-state index in [2.05, 4.69) is 16.0 Å². The fourth-order valence-corrected chi connectivity index (χ4v) is 2.20. The van der Waals surface area contributed by atoms with E-state index in [1.54, 1.807) is 36.4 Å². The Morgan fingerprint density at radius 2 is 1.64 bits per heavy atom. The lowest BCUT2D eigenvalue weighted by atomic mass is 10.1. The normalized spacial score (nSPS) is 10.4. The standard InChI is InChI=1S/C19H22FN3O2/c1-13(2)22-18(24)15-5-9-17(10-6-15)23-19(25)21-12-11-14-3-7-16(20)8-4-14/h3-10,13H,11-12H2,1-2H3,(H,22,24)(H2,21,23,25). The van der Waals surface area contributed by atoms with Crippen LogP contribution in [0.2, 0.25) is 0 Å². The van der Waals surface area contributed by atoms with Crippen LogP contribution in [0.4, 0.5) is 14.9 Å². The molecule has 2 aromatic rings. The molecule has 0 saturated carbocycles. The molecule has 0 radical (unpaired) electrons. The second-order valence-corrected chi connectivity index (χ2v) is 5.96. The van der Waals surface area contributed by atoms with E-state index in [4.69, 9.17) is 0 Å². The van der Waals surface area contributed by atoms with Gasteiger partial charge in [0.1, 0.15) is 5.82 Å². The Balaban J connectivity index is 1.78. The Morgan fingerprint density at radius 1 is 1.00 bits per heavy atom. The van der Waals surface area contributed by atoms with Crippen LogP contribution in [0.15, 0.2) is 48.5 Å². The second-order valence-electron chi connectivity index (χ2n) is 5.96. The molecule has 0 aliphatic heterocycles. The molecule has 0 spiro atoms.